The number of nitrogens with zero attached hydrogens (tertiary/aromatic N) is 3. The molecule has 0 spiro atoms. The lowest BCUT2D eigenvalue weighted by molar-refractivity contribution is -0.137. The zero-order chi connectivity index (χ0) is 19.4. The maximum Gasteiger partial charge on any atom is 0.416 e. The van der Waals surface area contributed by atoms with Gasteiger partial charge < -0.3 is 5.32 Å². The Hall–Kier alpha value is -3.23. The number of para-hydroxylation sites is 1. The summed E-state index contributed by atoms with van der Waals surface area (Å²) in [7, 11) is 0. The van der Waals surface area contributed by atoms with Gasteiger partial charge in [-0.1, -0.05) is 18.2 Å². The second-order valence-electron chi connectivity index (χ2n) is 5.69. The third-order valence-corrected chi connectivity index (χ3v) is 3.68. The molecule has 3 aromatic rings. The van der Waals surface area contributed by atoms with Crippen LogP contribution in [0.3, 0.4) is 0 Å². The van der Waals surface area contributed by atoms with Crippen molar-refractivity contribution in [3.63, 3.8) is 0 Å². The highest BCUT2D eigenvalue weighted by Gasteiger charge is 2.31. The number of aromatic nitrogens is 3. The number of nitrogens with one attached hydrogen (secondary N) is 1. The number of hydrogen-bond acceptors (Lipinski definition) is 3. The molecule has 2 aromatic carbocycles. The second kappa shape index (κ2) is 7.56. The standard InChI is InChI=1S/C18H14F4N4O/c19-14-9-12(8-13(10-14)18(20,21)22)17(27)23-7-6-15-11-24-26(25-15)16-4-2-1-3-5-16/h1-5,8-11H,6-7H2,(H,23,27). The summed E-state index contributed by atoms with van der Waals surface area (Å²) in [5, 5.41) is 10.8. The van der Waals surface area contributed by atoms with Crippen LogP contribution in [0.15, 0.2) is 54.7 Å². The van der Waals surface area contributed by atoms with Crippen molar-refractivity contribution in [2.24, 2.45) is 0 Å². The Labute approximate surface area is 151 Å². The van der Waals surface area contributed by atoms with E-state index in [1.165, 1.54) is 11.0 Å². The third-order valence-electron chi connectivity index (χ3n) is 3.68. The number of benzene rings is 2. The zero-order valence-electron chi connectivity index (χ0n) is 13.9. The molecule has 0 saturated carbocycles. The average Bonchev–Trinajstić information content (AvgIpc) is 3.10. The molecule has 0 fully saturated rings. The molecule has 0 radical (unpaired) electrons. The van der Waals surface area contributed by atoms with E-state index in [2.05, 4.69) is 15.5 Å². The summed E-state index contributed by atoms with van der Waals surface area (Å²) in [5.41, 5.74) is -0.240. The smallest absolute Gasteiger partial charge is 0.352 e. The summed E-state index contributed by atoms with van der Waals surface area (Å²) < 4.78 is 51.5. The fourth-order valence-electron chi connectivity index (χ4n) is 2.39. The van der Waals surface area contributed by atoms with Crippen LogP contribution in [-0.2, 0) is 12.6 Å². The topological polar surface area (TPSA) is 59.8 Å². The van der Waals surface area contributed by atoms with Crippen LogP contribution in [-0.4, -0.2) is 27.4 Å². The molecule has 0 saturated heterocycles. The van der Waals surface area contributed by atoms with Crippen molar-refractivity contribution in [2.45, 2.75) is 12.6 Å². The Morgan fingerprint density at radius 3 is 2.56 bits per heavy atom. The molecule has 3 rings (SSSR count). The van der Waals surface area contributed by atoms with Crippen LogP contribution in [0.5, 0.6) is 0 Å². The van der Waals surface area contributed by atoms with Crippen LogP contribution in [0.1, 0.15) is 21.6 Å². The molecule has 1 aromatic heterocycles. The van der Waals surface area contributed by atoms with E-state index in [9.17, 15) is 22.4 Å². The normalized spacial score (nSPS) is 11.4. The van der Waals surface area contributed by atoms with Gasteiger partial charge in [0, 0.05) is 18.5 Å². The Morgan fingerprint density at radius 1 is 1.11 bits per heavy atom. The van der Waals surface area contributed by atoms with Gasteiger partial charge in [0.15, 0.2) is 0 Å². The highest BCUT2D eigenvalue weighted by molar-refractivity contribution is 5.94. The SMILES string of the molecule is O=C(NCCc1cnn(-c2ccccc2)n1)c1cc(F)cc(C(F)(F)F)c1. The van der Waals surface area contributed by atoms with E-state index in [4.69, 9.17) is 0 Å². The first-order valence-corrected chi connectivity index (χ1v) is 7.95. The number of alkyl halides is 3. The molecule has 0 aliphatic carbocycles. The van der Waals surface area contributed by atoms with Crippen LogP contribution >= 0.6 is 0 Å². The highest BCUT2D eigenvalue weighted by Crippen LogP contribution is 2.30. The van der Waals surface area contributed by atoms with Crippen LogP contribution in [0.2, 0.25) is 0 Å². The number of carbonyl (C=O) groups is 1. The predicted octanol–water partition coefficient (Wildman–Crippen LogP) is 3.40. The first-order chi connectivity index (χ1) is 12.8. The molecule has 0 bridgehead atoms. The summed E-state index contributed by atoms with van der Waals surface area (Å²) in [5.74, 6) is -1.92. The summed E-state index contributed by atoms with van der Waals surface area (Å²) in [6.45, 7) is 0.115. The van der Waals surface area contributed by atoms with Gasteiger partial charge in [0.25, 0.3) is 5.91 Å². The van der Waals surface area contributed by atoms with Gasteiger partial charge in [-0.3, -0.25) is 4.79 Å². The lowest BCUT2D eigenvalue weighted by atomic mass is 10.1. The lowest BCUT2D eigenvalue weighted by Crippen LogP contribution is -2.26. The van der Waals surface area contributed by atoms with Gasteiger partial charge in [-0.15, -0.1) is 0 Å². The number of amides is 1. The monoisotopic (exact) mass is 378 g/mol. The molecule has 5 nitrogen and oxygen atoms in total. The van der Waals surface area contributed by atoms with Gasteiger partial charge in [-0.05, 0) is 30.3 Å². The predicted molar refractivity (Wildman–Crippen MR) is 88.8 cm³/mol. The van der Waals surface area contributed by atoms with Crippen molar-refractivity contribution in [1.29, 1.82) is 0 Å². The Kier molecular flexibility index (Phi) is 5.20. The molecule has 140 valence electrons. The Balaban J connectivity index is 1.61. The van der Waals surface area contributed by atoms with Gasteiger partial charge in [0.1, 0.15) is 5.82 Å². The molecule has 27 heavy (non-hydrogen) atoms. The summed E-state index contributed by atoms with van der Waals surface area (Å²) in [6.07, 6.45) is -2.88. The van der Waals surface area contributed by atoms with Crippen molar-refractivity contribution in [2.75, 3.05) is 6.54 Å². The molecule has 1 N–H and O–H groups in total. The lowest BCUT2D eigenvalue weighted by Gasteiger charge is -2.09. The summed E-state index contributed by atoms with van der Waals surface area (Å²) in [4.78, 5) is 13.4. The maximum atomic E-state index is 13.4. The van der Waals surface area contributed by atoms with E-state index < -0.39 is 29.0 Å². The van der Waals surface area contributed by atoms with Crippen molar-refractivity contribution < 1.29 is 22.4 Å². The summed E-state index contributed by atoms with van der Waals surface area (Å²) >= 11 is 0. The zero-order valence-corrected chi connectivity index (χ0v) is 13.9. The van der Waals surface area contributed by atoms with E-state index >= 15 is 0 Å². The van der Waals surface area contributed by atoms with Gasteiger partial charge in [0.05, 0.1) is 23.1 Å². The van der Waals surface area contributed by atoms with Gasteiger partial charge in [-0.25, -0.2) is 4.39 Å². The number of carbonyl (C=O) groups excluding carboxylic acids is 1. The fourth-order valence-corrected chi connectivity index (χ4v) is 2.39. The minimum Gasteiger partial charge on any atom is -0.352 e. The van der Waals surface area contributed by atoms with Crippen molar-refractivity contribution in [3.05, 3.63) is 77.4 Å². The molecule has 1 amide bonds. The highest BCUT2D eigenvalue weighted by atomic mass is 19.4. The number of halogens is 4. The molecule has 0 aliphatic rings. The minimum absolute atomic E-state index is 0.115. The molecular weight excluding hydrogens is 364 g/mol. The molecule has 9 heteroatoms. The van der Waals surface area contributed by atoms with Crippen LogP contribution in [0.4, 0.5) is 17.6 Å². The van der Waals surface area contributed by atoms with Gasteiger partial charge in [-0.2, -0.15) is 28.2 Å². The van der Waals surface area contributed by atoms with E-state index in [-0.39, 0.29) is 6.54 Å². The third kappa shape index (κ3) is 4.69. The molecule has 0 unspecified atom stereocenters. The van der Waals surface area contributed by atoms with Crippen molar-refractivity contribution in [3.8, 4) is 5.69 Å². The summed E-state index contributed by atoms with van der Waals surface area (Å²) in [6, 6.07) is 10.9. The van der Waals surface area contributed by atoms with E-state index in [1.807, 2.05) is 30.3 Å². The first-order valence-electron chi connectivity index (χ1n) is 7.95. The molecule has 0 atom stereocenters. The molecular formula is C18H14F4N4O. The quantitative estimate of drug-likeness (QED) is 0.693. The van der Waals surface area contributed by atoms with Crippen molar-refractivity contribution in [1.82, 2.24) is 20.3 Å². The molecule has 1 heterocycles. The number of hydrogen-bond donors (Lipinski definition) is 1. The minimum atomic E-state index is -4.73. The second-order valence-corrected chi connectivity index (χ2v) is 5.69. The van der Waals surface area contributed by atoms with E-state index in [0.29, 0.717) is 24.2 Å². The van der Waals surface area contributed by atoms with Crippen LogP contribution < -0.4 is 5.32 Å². The van der Waals surface area contributed by atoms with E-state index in [1.54, 1.807) is 0 Å². The molecule has 0 aliphatic heterocycles. The van der Waals surface area contributed by atoms with Crippen LogP contribution in [0, 0.1) is 5.82 Å². The van der Waals surface area contributed by atoms with Gasteiger partial charge in [0.2, 0.25) is 0 Å². The largest absolute Gasteiger partial charge is 0.416 e. The number of rotatable bonds is 5. The average molecular weight is 378 g/mol. The Bertz CT molecular complexity index is 938. The maximum absolute atomic E-state index is 13.4. The fraction of sp³-hybridized carbons (Fsp3) is 0.167. The van der Waals surface area contributed by atoms with Crippen molar-refractivity contribution >= 4 is 5.91 Å². The van der Waals surface area contributed by atoms with Crippen LogP contribution in [0.25, 0.3) is 5.69 Å². The van der Waals surface area contributed by atoms with Gasteiger partial charge >= 0.3 is 6.18 Å². The van der Waals surface area contributed by atoms with E-state index in [0.717, 1.165) is 11.8 Å². The first kappa shape index (κ1) is 18.6. The Morgan fingerprint density at radius 2 is 1.85 bits per heavy atom.